The molecule has 1 aliphatic rings. The second kappa shape index (κ2) is 10.2. The van der Waals surface area contributed by atoms with E-state index < -0.39 is 0 Å². The van der Waals surface area contributed by atoms with Crippen molar-refractivity contribution in [1.29, 1.82) is 0 Å². The Morgan fingerprint density at radius 1 is 1.00 bits per heavy atom. The number of piperazine rings is 1. The van der Waals surface area contributed by atoms with Gasteiger partial charge in [-0.3, -0.25) is 25.3 Å². The molecule has 2 heterocycles. The Bertz CT molecular complexity index is 1060. The zero-order valence-electron chi connectivity index (χ0n) is 18.2. The molecule has 0 aliphatic carbocycles. The Kier molecular flexibility index (Phi) is 6.91. The van der Waals surface area contributed by atoms with E-state index in [1.807, 2.05) is 30.3 Å². The minimum absolute atomic E-state index is 0.112. The molecule has 2 aromatic carbocycles. The molecule has 1 aromatic heterocycles. The molecule has 1 aliphatic heterocycles. The van der Waals surface area contributed by atoms with E-state index in [0.717, 1.165) is 37.1 Å². The van der Waals surface area contributed by atoms with Crippen LogP contribution in [-0.2, 0) is 16.0 Å². The van der Waals surface area contributed by atoms with Gasteiger partial charge in [0.05, 0.1) is 19.8 Å². The molecule has 0 radical (unpaired) electrons. The summed E-state index contributed by atoms with van der Waals surface area (Å²) < 4.78 is 10.7. The lowest BCUT2D eigenvalue weighted by atomic mass is 10.1. The summed E-state index contributed by atoms with van der Waals surface area (Å²) >= 11 is 0. The van der Waals surface area contributed by atoms with Crippen LogP contribution in [0.5, 0.6) is 5.75 Å². The minimum Gasteiger partial charge on any atom is -0.497 e. The third kappa shape index (κ3) is 5.39. The first-order valence-corrected chi connectivity index (χ1v) is 10.8. The number of benzene rings is 2. The van der Waals surface area contributed by atoms with Crippen LogP contribution in [0.4, 0.5) is 5.69 Å². The van der Waals surface area contributed by atoms with E-state index in [0.29, 0.717) is 24.3 Å². The van der Waals surface area contributed by atoms with Crippen LogP contribution >= 0.6 is 0 Å². The number of anilines is 1. The third-order valence-electron chi connectivity index (χ3n) is 5.70. The molecular weight excluding hydrogens is 408 g/mol. The molecule has 0 spiro atoms. The molecule has 168 valence electrons. The molecule has 0 saturated carbocycles. The van der Waals surface area contributed by atoms with E-state index in [2.05, 4.69) is 32.8 Å². The van der Waals surface area contributed by atoms with Crippen molar-refractivity contribution in [3.05, 3.63) is 60.4 Å². The summed E-state index contributed by atoms with van der Waals surface area (Å²) in [4.78, 5) is 29.0. The second-order valence-corrected chi connectivity index (χ2v) is 7.81. The van der Waals surface area contributed by atoms with Crippen LogP contribution in [0.3, 0.4) is 0 Å². The Hall–Kier alpha value is -3.52. The fourth-order valence-corrected chi connectivity index (χ4v) is 3.87. The number of furan rings is 1. The van der Waals surface area contributed by atoms with Gasteiger partial charge in [0.15, 0.2) is 0 Å². The van der Waals surface area contributed by atoms with Gasteiger partial charge in [0.1, 0.15) is 11.3 Å². The number of ether oxygens (including phenoxy) is 1. The highest BCUT2D eigenvalue weighted by Crippen LogP contribution is 2.25. The molecule has 1 saturated heterocycles. The summed E-state index contributed by atoms with van der Waals surface area (Å²) in [5.41, 5.74) is 7.65. The highest BCUT2D eigenvalue weighted by molar-refractivity contribution is 5.89. The maximum absolute atomic E-state index is 12.3. The fourth-order valence-electron chi connectivity index (χ4n) is 3.87. The zero-order valence-corrected chi connectivity index (χ0v) is 18.2. The molecule has 0 unspecified atom stereocenters. The smallest absolute Gasteiger partial charge is 0.242 e. The van der Waals surface area contributed by atoms with Crippen molar-refractivity contribution in [2.24, 2.45) is 0 Å². The van der Waals surface area contributed by atoms with Gasteiger partial charge in [-0.25, -0.2) is 0 Å². The topological polar surface area (TPSA) is 87.0 Å². The number of rotatable bonds is 7. The van der Waals surface area contributed by atoms with Gasteiger partial charge < -0.3 is 14.1 Å². The third-order valence-corrected chi connectivity index (χ3v) is 5.70. The van der Waals surface area contributed by atoms with Crippen molar-refractivity contribution in [2.45, 2.75) is 12.8 Å². The van der Waals surface area contributed by atoms with Gasteiger partial charge in [-0.1, -0.05) is 18.2 Å². The number of nitrogens with zero attached hydrogens (tertiary/aromatic N) is 2. The molecular formula is C24H28N4O4. The monoisotopic (exact) mass is 436 g/mol. The first-order chi connectivity index (χ1) is 15.6. The first kappa shape index (κ1) is 21.7. The van der Waals surface area contributed by atoms with E-state index in [1.54, 1.807) is 19.4 Å². The highest BCUT2D eigenvalue weighted by atomic mass is 16.5. The standard InChI is InChI=1S/C24H28N4O4/c1-31-20-7-8-21-18(17-32-22(21)16-20)15-24(30)26-25-23(29)9-10-27-11-13-28(14-12-27)19-5-3-2-4-6-19/h2-8,16-17H,9-15H2,1H3,(H,25,29)(H,26,30). The fraction of sp³-hybridized carbons (Fsp3) is 0.333. The molecule has 0 bridgehead atoms. The van der Waals surface area contributed by atoms with Crippen LogP contribution < -0.4 is 20.5 Å². The first-order valence-electron chi connectivity index (χ1n) is 10.8. The van der Waals surface area contributed by atoms with Crippen molar-refractivity contribution in [1.82, 2.24) is 15.8 Å². The number of hydrogen-bond donors (Lipinski definition) is 2. The summed E-state index contributed by atoms with van der Waals surface area (Å²) in [6, 6.07) is 15.8. The van der Waals surface area contributed by atoms with Crippen LogP contribution in [0, 0.1) is 0 Å². The van der Waals surface area contributed by atoms with Gasteiger partial charge in [-0.05, 0) is 24.3 Å². The molecule has 2 amide bonds. The predicted molar refractivity (Wildman–Crippen MR) is 122 cm³/mol. The number of carbonyl (C=O) groups excluding carboxylic acids is 2. The summed E-state index contributed by atoms with van der Waals surface area (Å²) in [6.45, 7) is 4.36. The summed E-state index contributed by atoms with van der Waals surface area (Å²) in [7, 11) is 1.59. The van der Waals surface area contributed by atoms with E-state index in [9.17, 15) is 9.59 Å². The predicted octanol–water partition coefficient (Wildman–Crippen LogP) is 2.34. The summed E-state index contributed by atoms with van der Waals surface area (Å²) in [6.07, 6.45) is 2.00. The quantitative estimate of drug-likeness (QED) is 0.553. The number of fused-ring (bicyclic) bond motifs is 1. The maximum atomic E-state index is 12.3. The van der Waals surface area contributed by atoms with Gasteiger partial charge in [0.2, 0.25) is 11.8 Å². The van der Waals surface area contributed by atoms with Crippen LogP contribution in [0.1, 0.15) is 12.0 Å². The number of carbonyl (C=O) groups is 2. The maximum Gasteiger partial charge on any atom is 0.242 e. The molecule has 8 heteroatoms. The van der Waals surface area contributed by atoms with Gasteiger partial charge in [0, 0.05) is 61.8 Å². The number of nitrogens with one attached hydrogen (secondary N) is 2. The number of para-hydroxylation sites is 1. The lowest BCUT2D eigenvalue weighted by Gasteiger charge is -2.36. The van der Waals surface area contributed by atoms with E-state index >= 15 is 0 Å². The minimum atomic E-state index is -0.298. The van der Waals surface area contributed by atoms with Crippen molar-refractivity contribution < 1.29 is 18.7 Å². The van der Waals surface area contributed by atoms with Crippen molar-refractivity contribution >= 4 is 28.5 Å². The number of hydrogen-bond acceptors (Lipinski definition) is 6. The van der Waals surface area contributed by atoms with Gasteiger partial charge in [-0.15, -0.1) is 0 Å². The lowest BCUT2D eigenvalue weighted by molar-refractivity contribution is -0.128. The average molecular weight is 437 g/mol. The molecule has 8 nitrogen and oxygen atoms in total. The SMILES string of the molecule is COc1ccc2c(CC(=O)NNC(=O)CCN3CCN(c4ccccc4)CC3)coc2c1. The van der Waals surface area contributed by atoms with E-state index in [4.69, 9.17) is 9.15 Å². The van der Waals surface area contributed by atoms with Gasteiger partial charge in [0.25, 0.3) is 0 Å². The number of methoxy groups -OCH3 is 1. The Morgan fingerprint density at radius 2 is 1.75 bits per heavy atom. The van der Waals surface area contributed by atoms with E-state index in [1.165, 1.54) is 5.69 Å². The van der Waals surface area contributed by atoms with E-state index in [-0.39, 0.29) is 18.2 Å². The highest BCUT2D eigenvalue weighted by Gasteiger charge is 2.18. The molecule has 32 heavy (non-hydrogen) atoms. The number of hydrazine groups is 1. The van der Waals surface area contributed by atoms with Crippen LogP contribution in [0.15, 0.2) is 59.2 Å². The summed E-state index contributed by atoms with van der Waals surface area (Å²) in [5, 5.41) is 0.849. The largest absolute Gasteiger partial charge is 0.497 e. The van der Waals surface area contributed by atoms with Crippen LogP contribution in [-0.4, -0.2) is 56.5 Å². The molecule has 1 fully saturated rings. The van der Waals surface area contributed by atoms with Gasteiger partial charge >= 0.3 is 0 Å². The average Bonchev–Trinajstić information content (AvgIpc) is 3.24. The normalized spacial score (nSPS) is 14.3. The Balaban J connectivity index is 1.17. The Labute approximate surface area is 187 Å². The molecule has 0 atom stereocenters. The zero-order chi connectivity index (χ0) is 22.3. The van der Waals surface area contributed by atoms with Gasteiger partial charge in [-0.2, -0.15) is 0 Å². The van der Waals surface area contributed by atoms with Crippen molar-refractivity contribution in [2.75, 3.05) is 44.7 Å². The van der Waals surface area contributed by atoms with Crippen LogP contribution in [0.2, 0.25) is 0 Å². The second-order valence-electron chi connectivity index (χ2n) is 7.81. The van der Waals surface area contributed by atoms with Crippen molar-refractivity contribution in [3.8, 4) is 5.75 Å². The number of amides is 2. The van der Waals surface area contributed by atoms with Crippen LogP contribution in [0.25, 0.3) is 11.0 Å². The van der Waals surface area contributed by atoms with Crippen molar-refractivity contribution in [3.63, 3.8) is 0 Å². The molecule has 4 rings (SSSR count). The molecule has 3 aromatic rings. The Morgan fingerprint density at radius 3 is 2.50 bits per heavy atom. The molecule has 2 N–H and O–H groups in total. The summed E-state index contributed by atoms with van der Waals surface area (Å²) in [5.74, 6) is 0.190. The lowest BCUT2D eigenvalue weighted by Crippen LogP contribution is -2.48.